The molecule has 1 aromatic carbocycles. The van der Waals surface area contributed by atoms with Gasteiger partial charge in [0.15, 0.2) is 6.10 Å². The molecule has 2 aromatic heterocycles. The topological polar surface area (TPSA) is 69.6 Å². The van der Waals surface area contributed by atoms with Crippen LogP contribution in [0.4, 0.5) is 5.69 Å². The molecule has 1 atom stereocenters. The predicted octanol–water partition coefficient (Wildman–Crippen LogP) is 4.12. The molecule has 0 aliphatic carbocycles. The molecule has 6 nitrogen and oxygen atoms in total. The molecule has 0 fully saturated rings. The number of esters is 1. The van der Waals surface area contributed by atoms with Crippen molar-refractivity contribution in [2.45, 2.75) is 20.0 Å². The molecule has 2 heterocycles. The van der Waals surface area contributed by atoms with E-state index in [0.717, 1.165) is 5.69 Å². The van der Waals surface area contributed by atoms with Gasteiger partial charge in [-0.2, -0.15) is 0 Å². The first-order valence-corrected chi connectivity index (χ1v) is 9.42. The van der Waals surface area contributed by atoms with Crippen LogP contribution in [0.25, 0.3) is 5.69 Å². The summed E-state index contributed by atoms with van der Waals surface area (Å²) < 4.78 is 12.7. The van der Waals surface area contributed by atoms with E-state index in [1.165, 1.54) is 11.3 Å². The molecule has 3 rings (SSSR count). The highest BCUT2D eigenvalue weighted by Gasteiger charge is 2.23. The first-order chi connectivity index (χ1) is 13.1. The number of hydrogen-bond donors (Lipinski definition) is 1. The van der Waals surface area contributed by atoms with Crippen LogP contribution in [0.1, 0.15) is 23.5 Å². The summed E-state index contributed by atoms with van der Waals surface area (Å²) in [6.45, 7) is 3.89. The Labute approximate surface area is 161 Å². The molecular weight excluding hydrogens is 364 g/mol. The molecule has 0 radical (unpaired) electrons. The largest absolute Gasteiger partial charge is 0.492 e. The van der Waals surface area contributed by atoms with E-state index in [-0.39, 0.29) is 0 Å². The Morgan fingerprint density at radius 2 is 1.89 bits per heavy atom. The third kappa shape index (κ3) is 4.38. The molecule has 1 amide bonds. The second-order valence-electron chi connectivity index (χ2n) is 5.69. The van der Waals surface area contributed by atoms with E-state index < -0.39 is 18.0 Å². The highest BCUT2D eigenvalue weighted by Crippen LogP contribution is 2.25. The number of amides is 1. The lowest BCUT2D eigenvalue weighted by Crippen LogP contribution is -2.30. The van der Waals surface area contributed by atoms with Gasteiger partial charge in [0.1, 0.15) is 10.6 Å². The maximum absolute atomic E-state index is 12.5. The first kappa shape index (κ1) is 18.7. The van der Waals surface area contributed by atoms with Crippen LogP contribution in [-0.4, -0.2) is 29.2 Å². The molecule has 140 valence electrons. The van der Waals surface area contributed by atoms with E-state index in [2.05, 4.69) is 5.32 Å². The number of carbonyl (C=O) groups excluding carboxylic acids is 2. The fraction of sp³-hybridized carbons (Fsp3) is 0.200. The molecule has 0 spiro atoms. The number of carbonyl (C=O) groups is 2. The van der Waals surface area contributed by atoms with Crippen molar-refractivity contribution >= 4 is 28.9 Å². The Hall–Kier alpha value is -3.06. The monoisotopic (exact) mass is 384 g/mol. The second kappa shape index (κ2) is 8.55. The van der Waals surface area contributed by atoms with Crippen molar-refractivity contribution in [3.8, 4) is 11.4 Å². The van der Waals surface area contributed by atoms with Crippen molar-refractivity contribution in [1.29, 1.82) is 0 Å². The Balaban J connectivity index is 1.67. The van der Waals surface area contributed by atoms with Crippen molar-refractivity contribution in [3.63, 3.8) is 0 Å². The average molecular weight is 384 g/mol. The number of ether oxygens (including phenoxy) is 2. The molecule has 7 heteroatoms. The minimum Gasteiger partial charge on any atom is -0.492 e. The summed E-state index contributed by atoms with van der Waals surface area (Å²) in [5.74, 6) is -0.385. The number of aromatic nitrogens is 1. The van der Waals surface area contributed by atoms with Crippen molar-refractivity contribution in [3.05, 3.63) is 65.1 Å². The highest BCUT2D eigenvalue weighted by molar-refractivity contribution is 7.12. The predicted molar refractivity (Wildman–Crippen MR) is 105 cm³/mol. The number of anilines is 1. The van der Waals surface area contributed by atoms with Crippen LogP contribution in [0.15, 0.2) is 60.2 Å². The van der Waals surface area contributed by atoms with Gasteiger partial charge in [0.2, 0.25) is 0 Å². The third-order valence-electron chi connectivity index (χ3n) is 3.81. The summed E-state index contributed by atoms with van der Waals surface area (Å²) in [6, 6.07) is 12.7. The second-order valence-corrected chi connectivity index (χ2v) is 6.61. The zero-order chi connectivity index (χ0) is 19.2. The number of nitrogens with zero attached hydrogens (tertiary/aromatic N) is 1. The number of rotatable bonds is 7. The van der Waals surface area contributed by atoms with Crippen molar-refractivity contribution in [2.24, 2.45) is 0 Å². The molecule has 1 unspecified atom stereocenters. The van der Waals surface area contributed by atoms with Crippen molar-refractivity contribution in [2.75, 3.05) is 11.9 Å². The van der Waals surface area contributed by atoms with Gasteiger partial charge in [-0.25, -0.2) is 4.79 Å². The maximum Gasteiger partial charge on any atom is 0.351 e. The van der Waals surface area contributed by atoms with Gasteiger partial charge in [-0.05, 0) is 49.6 Å². The Bertz CT molecular complexity index is 918. The zero-order valence-electron chi connectivity index (χ0n) is 15.0. The molecule has 0 saturated carbocycles. The normalized spacial score (nSPS) is 11.6. The summed E-state index contributed by atoms with van der Waals surface area (Å²) in [5.41, 5.74) is 1.26. The summed E-state index contributed by atoms with van der Waals surface area (Å²) in [4.78, 5) is 25.4. The SMILES string of the molecule is CCOc1ccccc1NC(=O)C(C)OC(=O)c1sccc1-n1cccc1. The molecular formula is C20H20N2O4S. The highest BCUT2D eigenvalue weighted by atomic mass is 32.1. The lowest BCUT2D eigenvalue weighted by molar-refractivity contribution is -0.123. The van der Waals surface area contributed by atoms with E-state index in [1.807, 2.05) is 53.5 Å². The molecule has 0 aliphatic heterocycles. The fourth-order valence-electron chi connectivity index (χ4n) is 2.51. The van der Waals surface area contributed by atoms with Crippen LogP contribution >= 0.6 is 11.3 Å². The Morgan fingerprint density at radius 3 is 2.63 bits per heavy atom. The summed E-state index contributed by atoms with van der Waals surface area (Å²) in [6.07, 6.45) is 2.74. The minimum atomic E-state index is -0.952. The van der Waals surface area contributed by atoms with Gasteiger partial charge in [0.05, 0.1) is 18.0 Å². The van der Waals surface area contributed by atoms with Crippen molar-refractivity contribution in [1.82, 2.24) is 4.57 Å². The first-order valence-electron chi connectivity index (χ1n) is 8.54. The van der Waals surface area contributed by atoms with Crippen molar-refractivity contribution < 1.29 is 19.1 Å². The molecule has 27 heavy (non-hydrogen) atoms. The lowest BCUT2D eigenvalue weighted by Gasteiger charge is -2.15. The lowest BCUT2D eigenvalue weighted by atomic mass is 10.2. The fourth-order valence-corrected chi connectivity index (χ4v) is 3.28. The standard InChI is InChI=1S/C20H20N2O4S/c1-3-25-17-9-5-4-8-15(17)21-19(23)14(2)26-20(24)18-16(10-13-27-18)22-11-6-7-12-22/h4-14H,3H2,1-2H3,(H,21,23). The van der Waals surface area contributed by atoms with Crippen LogP contribution in [-0.2, 0) is 9.53 Å². The van der Waals surface area contributed by atoms with Gasteiger partial charge < -0.3 is 19.4 Å². The summed E-state index contributed by atoms with van der Waals surface area (Å²) >= 11 is 1.28. The van der Waals surface area contributed by atoms with Gasteiger partial charge in [0, 0.05) is 12.4 Å². The van der Waals surface area contributed by atoms with Crippen LogP contribution in [0.3, 0.4) is 0 Å². The number of thiophene rings is 1. The maximum atomic E-state index is 12.5. The number of para-hydroxylation sites is 2. The van der Waals surface area contributed by atoms with Gasteiger partial charge in [-0.3, -0.25) is 4.79 Å². The van der Waals surface area contributed by atoms with E-state index in [1.54, 1.807) is 25.1 Å². The molecule has 0 bridgehead atoms. The van der Waals surface area contributed by atoms with E-state index in [0.29, 0.717) is 22.9 Å². The quantitative estimate of drug-likeness (QED) is 0.622. The van der Waals surface area contributed by atoms with E-state index in [9.17, 15) is 9.59 Å². The van der Waals surface area contributed by atoms with Crippen LogP contribution in [0.5, 0.6) is 5.75 Å². The van der Waals surface area contributed by atoms with Gasteiger partial charge in [-0.15, -0.1) is 11.3 Å². The van der Waals surface area contributed by atoms with Gasteiger partial charge in [-0.1, -0.05) is 12.1 Å². The van der Waals surface area contributed by atoms with Crippen LogP contribution < -0.4 is 10.1 Å². The number of nitrogens with one attached hydrogen (secondary N) is 1. The molecule has 3 aromatic rings. The smallest absolute Gasteiger partial charge is 0.351 e. The average Bonchev–Trinajstić information content (AvgIpc) is 3.34. The van der Waals surface area contributed by atoms with E-state index in [4.69, 9.17) is 9.47 Å². The van der Waals surface area contributed by atoms with Gasteiger partial charge >= 0.3 is 5.97 Å². The molecule has 0 aliphatic rings. The van der Waals surface area contributed by atoms with Gasteiger partial charge in [0.25, 0.3) is 5.91 Å². The summed E-state index contributed by atoms with van der Waals surface area (Å²) in [5, 5.41) is 4.56. The van der Waals surface area contributed by atoms with Crippen LogP contribution in [0.2, 0.25) is 0 Å². The summed E-state index contributed by atoms with van der Waals surface area (Å²) in [7, 11) is 0. The third-order valence-corrected chi connectivity index (χ3v) is 4.69. The minimum absolute atomic E-state index is 0.422. The number of benzene rings is 1. The molecule has 0 saturated heterocycles. The Kier molecular flexibility index (Phi) is 5.93. The number of hydrogen-bond acceptors (Lipinski definition) is 5. The van der Waals surface area contributed by atoms with Crippen LogP contribution in [0, 0.1) is 0 Å². The zero-order valence-corrected chi connectivity index (χ0v) is 15.9. The molecule has 1 N–H and O–H groups in total. The Morgan fingerprint density at radius 1 is 1.15 bits per heavy atom. The van der Waals surface area contributed by atoms with E-state index >= 15 is 0 Å².